The molecule has 0 saturated heterocycles. The molecule has 0 spiro atoms. The maximum Gasteiger partial charge on any atom is 2.00 e. The molecule has 8 nitrogen and oxygen atoms in total. The number of nitrogens with zero attached hydrogens (tertiary/aromatic N) is 6. The van der Waals surface area contributed by atoms with E-state index in [1.54, 1.807) is 0 Å². The van der Waals surface area contributed by atoms with E-state index in [0.29, 0.717) is 40.0 Å². The minimum atomic E-state index is 0. The fraction of sp³-hybridized carbons (Fsp3) is 0. The van der Waals surface area contributed by atoms with Crippen molar-refractivity contribution >= 4 is 21.8 Å². The first-order valence-electron chi connectivity index (χ1n) is 18.2. The molecule has 0 aliphatic carbocycles. The van der Waals surface area contributed by atoms with Gasteiger partial charge in [0.25, 0.3) is 0 Å². The van der Waals surface area contributed by atoms with Crippen LogP contribution in [0, 0.1) is 24.3 Å². The SMILES string of the molecule is [Pt+2].[Pt+2].[c-]1c(Oc2[c-]c3c(cc2)c2ccc(Oc4[c-]c(-c5cc(-c6ccccc6)ccn5)ccc4)[c-]c2n3-c2ncncn2)cccc1-c1cc(-c2ccccc2)ccn1. The molecule has 0 bridgehead atoms. The normalized spacial score (nSPS) is 10.8. The summed E-state index contributed by atoms with van der Waals surface area (Å²) in [4.78, 5) is 22.3. The molecule has 10 rings (SSSR count). The van der Waals surface area contributed by atoms with Crippen molar-refractivity contribution in [3.63, 3.8) is 0 Å². The van der Waals surface area contributed by atoms with Gasteiger partial charge in [0.05, 0.1) is 0 Å². The second-order valence-corrected chi connectivity index (χ2v) is 13.1. The number of benzene rings is 6. The minimum Gasteiger partial charge on any atom is -0.503 e. The first-order valence-corrected chi connectivity index (χ1v) is 18.2. The average Bonchev–Trinajstić information content (AvgIpc) is 3.60. The van der Waals surface area contributed by atoms with Gasteiger partial charge in [-0.25, -0.2) is 15.0 Å². The van der Waals surface area contributed by atoms with Crippen molar-refractivity contribution in [2.75, 3.05) is 0 Å². The number of fused-ring (bicyclic) bond motifs is 3. The van der Waals surface area contributed by atoms with Gasteiger partial charge in [-0.05, 0) is 45.8 Å². The van der Waals surface area contributed by atoms with Gasteiger partial charge in [-0.15, -0.1) is 71.8 Å². The Morgan fingerprint density at radius 1 is 0.407 bits per heavy atom. The van der Waals surface area contributed by atoms with Crippen LogP contribution in [0.3, 0.4) is 0 Å². The zero-order valence-corrected chi connectivity index (χ0v) is 35.3. The molecule has 0 amide bonds. The van der Waals surface area contributed by atoms with E-state index in [-0.39, 0.29) is 42.1 Å². The standard InChI is InChI=1S/C49H28N6O2.2Pt/c1-3-9-33(10-4-1)35-21-23-51-45(27-35)37-13-7-15-39(25-37)56-41-17-19-43-44-20-18-42(30-48(44)55(47(43)29-41)49-53-31-50-32-54-49)57-40-16-8-14-38(26-40)46-28-36(22-24-52-46)34-11-5-2-6-12-34;;/h1-24,27-28,31-32H;;/q-4;2*+2. The molecule has 0 unspecified atom stereocenters. The summed E-state index contributed by atoms with van der Waals surface area (Å²) in [5, 5.41) is 1.83. The summed E-state index contributed by atoms with van der Waals surface area (Å²) in [7, 11) is 0. The van der Waals surface area contributed by atoms with Gasteiger partial charge >= 0.3 is 42.1 Å². The van der Waals surface area contributed by atoms with E-state index >= 15 is 0 Å². The van der Waals surface area contributed by atoms with Gasteiger partial charge in [0, 0.05) is 35.4 Å². The number of pyridine rings is 2. The fourth-order valence-electron chi connectivity index (χ4n) is 6.82. The van der Waals surface area contributed by atoms with Gasteiger partial charge in [0.15, 0.2) is 0 Å². The molecular weight excluding hydrogens is 1090 g/mol. The smallest absolute Gasteiger partial charge is 0.503 e. The number of rotatable bonds is 9. The van der Waals surface area contributed by atoms with Crippen LogP contribution < -0.4 is 9.47 Å². The number of aromatic nitrogens is 6. The molecule has 0 saturated carbocycles. The van der Waals surface area contributed by atoms with Crippen LogP contribution >= 0.6 is 0 Å². The van der Waals surface area contributed by atoms with Crippen molar-refractivity contribution in [2.45, 2.75) is 0 Å². The van der Waals surface area contributed by atoms with E-state index in [9.17, 15) is 0 Å². The van der Waals surface area contributed by atoms with E-state index < -0.39 is 0 Å². The Labute approximate surface area is 369 Å². The second kappa shape index (κ2) is 17.5. The van der Waals surface area contributed by atoms with Crippen LogP contribution in [0.2, 0.25) is 0 Å². The first-order chi connectivity index (χ1) is 28.2. The van der Waals surface area contributed by atoms with Crippen LogP contribution in [-0.2, 0) is 42.1 Å². The van der Waals surface area contributed by atoms with Gasteiger partial charge in [0.2, 0.25) is 5.95 Å². The van der Waals surface area contributed by atoms with Gasteiger partial charge in [0.1, 0.15) is 12.7 Å². The molecule has 59 heavy (non-hydrogen) atoms. The summed E-state index contributed by atoms with van der Waals surface area (Å²) < 4.78 is 14.6. The Morgan fingerprint density at radius 2 is 0.864 bits per heavy atom. The fourth-order valence-corrected chi connectivity index (χ4v) is 6.82. The maximum atomic E-state index is 6.38. The predicted octanol–water partition coefficient (Wildman–Crippen LogP) is 11.2. The van der Waals surface area contributed by atoms with Crippen LogP contribution in [0.25, 0.3) is 72.5 Å². The van der Waals surface area contributed by atoms with E-state index in [4.69, 9.17) is 9.47 Å². The molecule has 0 radical (unpaired) electrons. The van der Waals surface area contributed by atoms with Crippen molar-refractivity contribution < 1.29 is 51.6 Å². The third-order valence-electron chi connectivity index (χ3n) is 9.48. The van der Waals surface area contributed by atoms with E-state index in [1.165, 1.54) is 12.7 Å². The Balaban J connectivity index is 0.00000242. The Kier molecular flexibility index (Phi) is 11.6. The molecule has 0 aliphatic heterocycles. The van der Waals surface area contributed by atoms with E-state index in [2.05, 4.69) is 85.6 Å². The molecule has 0 atom stereocenters. The Bertz CT molecular complexity index is 2850. The molecule has 0 N–H and O–H groups in total. The van der Waals surface area contributed by atoms with Crippen LogP contribution in [0.15, 0.2) is 171 Å². The third kappa shape index (κ3) is 8.24. The molecule has 10 heteroatoms. The van der Waals surface area contributed by atoms with Crippen molar-refractivity contribution in [2.24, 2.45) is 0 Å². The number of hydrogen-bond donors (Lipinski definition) is 0. The van der Waals surface area contributed by atoms with Gasteiger partial charge in [-0.3, -0.25) is 0 Å². The third-order valence-corrected chi connectivity index (χ3v) is 9.48. The minimum absolute atomic E-state index is 0. The van der Waals surface area contributed by atoms with E-state index in [1.807, 2.05) is 126 Å². The molecule has 6 aromatic carbocycles. The number of hydrogen-bond acceptors (Lipinski definition) is 7. The summed E-state index contributed by atoms with van der Waals surface area (Å²) >= 11 is 0. The topological polar surface area (TPSA) is 87.8 Å². The summed E-state index contributed by atoms with van der Waals surface area (Å²) in [6, 6.07) is 61.6. The summed E-state index contributed by atoms with van der Waals surface area (Å²) in [6.45, 7) is 0. The zero-order valence-electron chi connectivity index (χ0n) is 30.8. The summed E-state index contributed by atoms with van der Waals surface area (Å²) in [5.74, 6) is 2.45. The van der Waals surface area contributed by atoms with Crippen LogP contribution in [0.1, 0.15) is 0 Å². The van der Waals surface area contributed by atoms with Gasteiger partial charge in [-0.1, -0.05) is 96.0 Å². The first kappa shape index (κ1) is 39.2. The monoisotopic (exact) mass is 1120 g/mol. The molecule has 0 fully saturated rings. The van der Waals surface area contributed by atoms with Gasteiger partial charge in [-0.2, -0.15) is 22.9 Å². The van der Waals surface area contributed by atoms with E-state index in [0.717, 1.165) is 55.5 Å². The Morgan fingerprint density at radius 3 is 1.34 bits per heavy atom. The molecule has 4 aromatic heterocycles. The summed E-state index contributed by atoms with van der Waals surface area (Å²) in [6.07, 6.45) is 6.55. The quantitative estimate of drug-likeness (QED) is 0.133. The van der Waals surface area contributed by atoms with Crippen LogP contribution in [0.4, 0.5) is 0 Å². The van der Waals surface area contributed by atoms with Crippen molar-refractivity contribution in [3.05, 3.63) is 195 Å². The van der Waals surface area contributed by atoms with Gasteiger partial charge < -0.3 is 24.0 Å². The molecule has 4 heterocycles. The average molecular weight is 1120 g/mol. The largest absolute Gasteiger partial charge is 2.00 e. The number of ether oxygens (including phenoxy) is 2. The second-order valence-electron chi connectivity index (χ2n) is 13.1. The predicted molar refractivity (Wildman–Crippen MR) is 220 cm³/mol. The van der Waals surface area contributed by atoms with Crippen molar-refractivity contribution in [1.82, 2.24) is 29.5 Å². The Hall–Kier alpha value is -6.59. The summed E-state index contributed by atoms with van der Waals surface area (Å²) in [5.41, 5.74) is 9.00. The van der Waals surface area contributed by atoms with Crippen LogP contribution in [-0.4, -0.2) is 29.5 Å². The molecule has 0 aliphatic rings. The molecule has 286 valence electrons. The maximum absolute atomic E-state index is 6.38. The molecular formula is C49H28N6O2Pt2. The van der Waals surface area contributed by atoms with Crippen LogP contribution in [0.5, 0.6) is 23.0 Å². The van der Waals surface area contributed by atoms with Crippen molar-refractivity contribution in [1.29, 1.82) is 0 Å². The van der Waals surface area contributed by atoms with Crippen molar-refractivity contribution in [3.8, 4) is 73.7 Å². The molecule has 10 aromatic rings. The zero-order chi connectivity index (χ0) is 38.0.